The highest BCUT2D eigenvalue weighted by molar-refractivity contribution is 5.65. The summed E-state index contributed by atoms with van der Waals surface area (Å²) >= 11 is 0. The molecule has 10 heavy (non-hydrogen) atoms. The molecule has 0 atom stereocenters. The predicted octanol–water partition coefficient (Wildman–Crippen LogP) is 0.00440. The van der Waals surface area contributed by atoms with Crippen LogP contribution in [0.3, 0.4) is 0 Å². The van der Waals surface area contributed by atoms with Crippen molar-refractivity contribution in [2.45, 2.75) is 24.9 Å². The quantitative estimate of drug-likeness (QED) is 0.511. The van der Waals surface area contributed by atoms with E-state index in [-0.39, 0.29) is 6.04 Å². The number of carbonyl (C=O) groups is 1. The number of hydrogen-bond acceptors (Lipinski definition) is 2. The second-order valence-corrected chi connectivity index (χ2v) is 2.60. The van der Waals surface area contributed by atoms with Crippen molar-refractivity contribution in [2.24, 2.45) is 0 Å². The van der Waals surface area contributed by atoms with E-state index in [4.69, 9.17) is 5.11 Å². The molecule has 0 aliphatic heterocycles. The molecule has 1 rings (SSSR count). The maximum Gasteiger partial charge on any atom is 0.404 e. The van der Waals surface area contributed by atoms with Crippen molar-refractivity contribution >= 4 is 6.09 Å². The van der Waals surface area contributed by atoms with Crippen LogP contribution in [0.5, 0.6) is 0 Å². The molecular weight excluding hydrogens is 132 g/mol. The Bertz CT molecular complexity index is 132. The molecule has 0 aromatic heterocycles. The van der Waals surface area contributed by atoms with Gasteiger partial charge in [-0.05, 0) is 19.9 Å². The van der Waals surface area contributed by atoms with Crippen LogP contribution in [0.2, 0.25) is 0 Å². The average Bonchev–Trinajstić information content (AvgIpc) is 1.76. The van der Waals surface area contributed by atoms with Gasteiger partial charge in [-0.2, -0.15) is 0 Å². The van der Waals surface area contributed by atoms with E-state index in [1.165, 1.54) is 0 Å². The van der Waals surface area contributed by atoms with E-state index in [2.05, 4.69) is 10.6 Å². The van der Waals surface area contributed by atoms with Crippen LogP contribution in [0.15, 0.2) is 0 Å². The van der Waals surface area contributed by atoms with Gasteiger partial charge >= 0.3 is 6.09 Å². The van der Waals surface area contributed by atoms with Gasteiger partial charge in [0.05, 0.1) is 0 Å². The molecule has 1 aliphatic carbocycles. The third kappa shape index (κ3) is 1.60. The summed E-state index contributed by atoms with van der Waals surface area (Å²) in [6.45, 7) is 0. The zero-order valence-corrected chi connectivity index (χ0v) is 5.92. The molecule has 0 spiro atoms. The smallest absolute Gasteiger partial charge is 0.404 e. The van der Waals surface area contributed by atoms with Gasteiger partial charge in [0.1, 0.15) is 0 Å². The number of rotatable bonds is 2. The lowest BCUT2D eigenvalue weighted by Crippen LogP contribution is -2.51. The van der Waals surface area contributed by atoms with E-state index in [1.54, 1.807) is 0 Å². The molecule has 0 saturated heterocycles. The first kappa shape index (κ1) is 7.34. The first-order valence-corrected chi connectivity index (χ1v) is 3.39. The monoisotopic (exact) mass is 144 g/mol. The molecule has 0 heterocycles. The molecule has 1 amide bonds. The first-order valence-electron chi connectivity index (χ1n) is 3.39. The lowest BCUT2D eigenvalue weighted by atomic mass is 9.87. The van der Waals surface area contributed by atoms with Crippen LogP contribution in [-0.4, -0.2) is 30.3 Å². The van der Waals surface area contributed by atoms with Crippen molar-refractivity contribution < 1.29 is 9.90 Å². The third-order valence-electron chi connectivity index (χ3n) is 1.87. The van der Waals surface area contributed by atoms with Crippen LogP contribution in [-0.2, 0) is 0 Å². The Balaban J connectivity index is 2.08. The van der Waals surface area contributed by atoms with Gasteiger partial charge in [0.15, 0.2) is 0 Å². The normalized spacial score (nSPS) is 30.9. The summed E-state index contributed by atoms with van der Waals surface area (Å²) in [6, 6.07) is 0.687. The number of carboxylic acid groups (broad SMARTS) is 1. The first-order chi connectivity index (χ1) is 4.72. The summed E-state index contributed by atoms with van der Waals surface area (Å²) in [6.07, 6.45) is 0.922. The predicted molar refractivity (Wildman–Crippen MR) is 37.0 cm³/mol. The molecule has 3 N–H and O–H groups in total. The highest BCUT2D eigenvalue weighted by Gasteiger charge is 2.28. The Labute approximate surface area is 59.6 Å². The Morgan fingerprint density at radius 2 is 2.10 bits per heavy atom. The summed E-state index contributed by atoms with van der Waals surface area (Å²) in [5.41, 5.74) is 0. The van der Waals surface area contributed by atoms with Gasteiger partial charge in [-0.1, -0.05) is 0 Å². The van der Waals surface area contributed by atoms with E-state index in [0.29, 0.717) is 6.04 Å². The van der Waals surface area contributed by atoms with Crippen molar-refractivity contribution in [3.63, 3.8) is 0 Å². The number of nitrogens with one attached hydrogen (secondary N) is 2. The minimum Gasteiger partial charge on any atom is -0.465 e. The SMILES string of the molecule is CN[C@H]1C[C@@H](NC(=O)O)C1. The fraction of sp³-hybridized carbons (Fsp3) is 0.833. The highest BCUT2D eigenvalue weighted by Crippen LogP contribution is 2.18. The van der Waals surface area contributed by atoms with Crippen molar-refractivity contribution in [1.82, 2.24) is 10.6 Å². The average molecular weight is 144 g/mol. The maximum atomic E-state index is 10.1. The van der Waals surface area contributed by atoms with Crippen molar-refractivity contribution in [3.8, 4) is 0 Å². The molecule has 1 fully saturated rings. The molecule has 0 unspecified atom stereocenters. The number of amides is 1. The largest absolute Gasteiger partial charge is 0.465 e. The fourth-order valence-corrected chi connectivity index (χ4v) is 1.15. The Hall–Kier alpha value is -0.770. The minimum atomic E-state index is -0.917. The van der Waals surface area contributed by atoms with E-state index in [0.717, 1.165) is 12.8 Å². The van der Waals surface area contributed by atoms with E-state index >= 15 is 0 Å². The van der Waals surface area contributed by atoms with Crippen LogP contribution in [0.4, 0.5) is 4.79 Å². The highest BCUT2D eigenvalue weighted by atomic mass is 16.4. The molecule has 0 aromatic rings. The van der Waals surface area contributed by atoms with Gasteiger partial charge in [-0.3, -0.25) is 0 Å². The van der Waals surface area contributed by atoms with Crippen LogP contribution in [0.1, 0.15) is 12.8 Å². The lowest BCUT2D eigenvalue weighted by molar-refractivity contribution is 0.174. The minimum absolute atomic E-state index is 0.176. The van der Waals surface area contributed by atoms with Crippen molar-refractivity contribution in [3.05, 3.63) is 0 Å². The summed E-state index contributed by atoms with van der Waals surface area (Å²) in [5.74, 6) is 0. The molecular formula is C6H12N2O2. The molecule has 1 aliphatic rings. The Kier molecular flexibility index (Phi) is 2.11. The molecule has 0 radical (unpaired) electrons. The Morgan fingerprint density at radius 3 is 2.50 bits per heavy atom. The second-order valence-electron chi connectivity index (χ2n) is 2.60. The number of hydrogen-bond donors (Lipinski definition) is 3. The van der Waals surface area contributed by atoms with Gasteiger partial charge in [0.25, 0.3) is 0 Å². The van der Waals surface area contributed by atoms with E-state index < -0.39 is 6.09 Å². The fourth-order valence-electron chi connectivity index (χ4n) is 1.15. The van der Waals surface area contributed by atoms with Crippen LogP contribution in [0, 0.1) is 0 Å². The van der Waals surface area contributed by atoms with Crippen LogP contribution < -0.4 is 10.6 Å². The van der Waals surface area contributed by atoms with Crippen molar-refractivity contribution in [2.75, 3.05) is 7.05 Å². The molecule has 0 aromatic carbocycles. The molecule has 4 heteroatoms. The topological polar surface area (TPSA) is 61.4 Å². The molecule has 4 nitrogen and oxygen atoms in total. The van der Waals surface area contributed by atoms with Gasteiger partial charge in [0, 0.05) is 12.1 Å². The zero-order valence-electron chi connectivity index (χ0n) is 5.92. The summed E-state index contributed by atoms with van der Waals surface area (Å²) in [7, 11) is 1.89. The molecule has 1 saturated carbocycles. The third-order valence-corrected chi connectivity index (χ3v) is 1.87. The van der Waals surface area contributed by atoms with Gasteiger partial charge < -0.3 is 15.7 Å². The van der Waals surface area contributed by atoms with Gasteiger partial charge in [-0.15, -0.1) is 0 Å². The zero-order chi connectivity index (χ0) is 7.56. The van der Waals surface area contributed by atoms with Gasteiger partial charge in [-0.25, -0.2) is 4.79 Å². The van der Waals surface area contributed by atoms with Crippen LogP contribution in [0.25, 0.3) is 0 Å². The molecule has 58 valence electrons. The van der Waals surface area contributed by atoms with Gasteiger partial charge in [0.2, 0.25) is 0 Å². The molecule has 0 bridgehead atoms. The van der Waals surface area contributed by atoms with E-state index in [1.807, 2.05) is 7.05 Å². The lowest BCUT2D eigenvalue weighted by Gasteiger charge is -2.34. The summed E-state index contributed by atoms with van der Waals surface area (Å²) in [5, 5.41) is 13.8. The summed E-state index contributed by atoms with van der Waals surface area (Å²) < 4.78 is 0. The van der Waals surface area contributed by atoms with Crippen LogP contribution >= 0.6 is 0 Å². The summed E-state index contributed by atoms with van der Waals surface area (Å²) in [4.78, 5) is 10.1. The standard InChI is InChI=1S/C6H12N2O2/c1-7-4-2-5(3-4)8-6(9)10/h4-5,7-8H,2-3H2,1H3,(H,9,10)/t4-,5+. The second kappa shape index (κ2) is 2.88. The van der Waals surface area contributed by atoms with Crippen molar-refractivity contribution in [1.29, 1.82) is 0 Å². The maximum absolute atomic E-state index is 10.1. The Morgan fingerprint density at radius 1 is 1.50 bits per heavy atom. The van der Waals surface area contributed by atoms with E-state index in [9.17, 15) is 4.79 Å².